The SMILES string of the molecule is COc1ccc(CN2C[C@H](O)C[C@H]2c2ccccc2C(F)(F)F)nn1. The Bertz CT molecular complexity index is 722. The van der Waals surface area contributed by atoms with Crippen LogP contribution in [-0.4, -0.2) is 40.0 Å². The molecule has 134 valence electrons. The number of rotatable bonds is 4. The Morgan fingerprint density at radius 1 is 1.20 bits per heavy atom. The summed E-state index contributed by atoms with van der Waals surface area (Å²) in [5, 5.41) is 17.9. The number of ether oxygens (including phenoxy) is 1. The van der Waals surface area contributed by atoms with Crippen LogP contribution in [0.2, 0.25) is 0 Å². The lowest BCUT2D eigenvalue weighted by molar-refractivity contribution is -0.138. The minimum atomic E-state index is -4.43. The van der Waals surface area contributed by atoms with Gasteiger partial charge in [-0.25, -0.2) is 0 Å². The van der Waals surface area contributed by atoms with Gasteiger partial charge in [0.05, 0.1) is 24.5 Å². The van der Waals surface area contributed by atoms with Crippen LogP contribution >= 0.6 is 0 Å². The molecule has 1 fully saturated rings. The predicted molar refractivity (Wildman–Crippen MR) is 83.8 cm³/mol. The van der Waals surface area contributed by atoms with Crippen molar-refractivity contribution >= 4 is 0 Å². The maximum atomic E-state index is 13.3. The molecule has 1 saturated heterocycles. The van der Waals surface area contributed by atoms with Crippen LogP contribution in [0.15, 0.2) is 36.4 Å². The van der Waals surface area contributed by atoms with Crippen LogP contribution in [0.3, 0.4) is 0 Å². The minimum Gasteiger partial charge on any atom is -0.480 e. The summed E-state index contributed by atoms with van der Waals surface area (Å²) >= 11 is 0. The molecule has 1 aliphatic rings. The molecule has 0 radical (unpaired) electrons. The lowest BCUT2D eigenvalue weighted by Gasteiger charge is -2.26. The number of hydrogen-bond acceptors (Lipinski definition) is 5. The Morgan fingerprint density at radius 3 is 2.60 bits per heavy atom. The van der Waals surface area contributed by atoms with E-state index in [-0.39, 0.29) is 18.5 Å². The van der Waals surface area contributed by atoms with Gasteiger partial charge in [0.15, 0.2) is 0 Å². The molecule has 2 atom stereocenters. The number of methoxy groups -OCH3 is 1. The molecule has 0 spiro atoms. The monoisotopic (exact) mass is 353 g/mol. The van der Waals surface area contributed by atoms with Gasteiger partial charge in [-0.2, -0.15) is 18.3 Å². The molecule has 0 amide bonds. The van der Waals surface area contributed by atoms with Crippen LogP contribution in [0.25, 0.3) is 0 Å². The molecule has 3 rings (SSSR count). The predicted octanol–water partition coefficient (Wildman–Crippen LogP) is 2.81. The van der Waals surface area contributed by atoms with E-state index in [1.165, 1.54) is 19.2 Å². The van der Waals surface area contributed by atoms with Gasteiger partial charge >= 0.3 is 6.18 Å². The normalized spacial score (nSPS) is 21.5. The number of halogens is 3. The van der Waals surface area contributed by atoms with Gasteiger partial charge in [-0.3, -0.25) is 4.90 Å². The van der Waals surface area contributed by atoms with Crippen molar-refractivity contribution in [2.75, 3.05) is 13.7 Å². The van der Waals surface area contributed by atoms with E-state index < -0.39 is 23.9 Å². The molecule has 2 aromatic rings. The number of benzene rings is 1. The fraction of sp³-hybridized carbons (Fsp3) is 0.412. The molecule has 1 aliphatic heterocycles. The molecule has 25 heavy (non-hydrogen) atoms. The largest absolute Gasteiger partial charge is 0.480 e. The summed E-state index contributed by atoms with van der Waals surface area (Å²) in [7, 11) is 1.48. The highest BCUT2D eigenvalue weighted by Gasteiger charge is 2.39. The van der Waals surface area contributed by atoms with E-state index in [0.29, 0.717) is 18.1 Å². The smallest absolute Gasteiger partial charge is 0.416 e. The zero-order valence-electron chi connectivity index (χ0n) is 13.6. The summed E-state index contributed by atoms with van der Waals surface area (Å²) in [6.45, 7) is 0.579. The molecular weight excluding hydrogens is 335 g/mol. The van der Waals surface area contributed by atoms with Crippen molar-refractivity contribution in [3.8, 4) is 5.88 Å². The number of hydrogen-bond donors (Lipinski definition) is 1. The summed E-state index contributed by atoms with van der Waals surface area (Å²) in [6, 6.07) is 8.33. The molecule has 0 aliphatic carbocycles. The molecule has 1 aromatic heterocycles. The van der Waals surface area contributed by atoms with E-state index in [0.717, 1.165) is 6.07 Å². The Labute approximate surface area is 143 Å². The molecule has 0 unspecified atom stereocenters. The van der Waals surface area contributed by atoms with Crippen LogP contribution in [0.1, 0.15) is 29.3 Å². The molecule has 0 saturated carbocycles. The van der Waals surface area contributed by atoms with Gasteiger partial charge in [0.1, 0.15) is 0 Å². The Morgan fingerprint density at radius 2 is 1.96 bits per heavy atom. The molecule has 2 heterocycles. The third kappa shape index (κ3) is 3.91. The molecule has 1 N–H and O–H groups in total. The lowest BCUT2D eigenvalue weighted by atomic mass is 9.97. The van der Waals surface area contributed by atoms with Crippen LogP contribution in [-0.2, 0) is 12.7 Å². The number of nitrogens with zero attached hydrogens (tertiary/aromatic N) is 3. The zero-order valence-corrected chi connectivity index (χ0v) is 13.6. The summed E-state index contributed by atoms with van der Waals surface area (Å²) in [6.07, 6.45) is -4.87. The molecular formula is C17H18F3N3O2. The van der Waals surface area contributed by atoms with E-state index in [1.807, 2.05) is 0 Å². The third-order valence-electron chi connectivity index (χ3n) is 4.28. The van der Waals surface area contributed by atoms with Crippen LogP contribution in [0.4, 0.5) is 13.2 Å². The van der Waals surface area contributed by atoms with Gasteiger partial charge in [0, 0.05) is 25.2 Å². The summed E-state index contributed by atoms with van der Waals surface area (Å²) in [5.41, 5.74) is 0.109. The highest BCUT2D eigenvalue weighted by atomic mass is 19.4. The Hall–Kier alpha value is -2.19. The zero-order chi connectivity index (χ0) is 18.0. The maximum absolute atomic E-state index is 13.3. The van der Waals surface area contributed by atoms with E-state index in [1.54, 1.807) is 23.1 Å². The highest BCUT2D eigenvalue weighted by molar-refractivity contribution is 5.33. The molecule has 0 bridgehead atoms. The molecule has 5 nitrogen and oxygen atoms in total. The van der Waals surface area contributed by atoms with Crippen LogP contribution in [0, 0.1) is 0 Å². The number of aliphatic hydroxyl groups is 1. The number of likely N-dealkylation sites (tertiary alicyclic amines) is 1. The van der Waals surface area contributed by atoms with Crippen molar-refractivity contribution in [2.45, 2.75) is 31.3 Å². The fourth-order valence-corrected chi connectivity index (χ4v) is 3.17. The number of aliphatic hydroxyl groups excluding tert-OH is 1. The number of alkyl halides is 3. The fourth-order valence-electron chi connectivity index (χ4n) is 3.17. The van der Waals surface area contributed by atoms with Crippen molar-refractivity contribution in [3.05, 3.63) is 53.2 Å². The summed E-state index contributed by atoms with van der Waals surface area (Å²) in [4.78, 5) is 1.80. The first kappa shape index (κ1) is 17.6. The highest BCUT2D eigenvalue weighted by Crippen LogP contribution is 2.40. The lowest BCUT2D eigenvalue weighted by Crippen LogP contribution is -2.26. The van der Waals surface area contributed by atoms with E-state index in [4.69, 9.17) is 4.74 Å². The first-order valence-electron chi connectivity index (χ1n) is 7.83. The van der Waals surface area contributed by atoms with Gasteiger partial charge in [-0.1, -0.05) is 18.2 Å². The molecule has 8 heteroatoms. The maximum Gasteiger partial charge on any atom is 0.416 e. The van der Waals surface area contributed by atoms with Crippen LogP contribution < -0.4 is 4.74 Å². The van der Waals surface area contributed by atoms with Crippen molar-refractivity contribution in [3.63, 3.8) is 0 Å². The third-order valence-corrected chi connectivity index (χ3v) is 4.28. The second-order valence-corrected chi connectivity index (χ2v) is 5.99. The summed E-state index contributed by atoms with van der Waals surface area (Å²) < 4.78 is 44.9. The first-order valence-corrected chi connectivity index (χ1v) is 7.83. The van der Waals surface area contributed by atoms with Gasteiger partial charge in [0.25, 0.3) is 0 Å². The van der Waals surface area contributed by atoms with E-state index >= 15 is 0 Å². The van der Waals surface area contributed by atoms with Gasteiger partial charge < -0.3 is 9.84 Å². The van der Waals surface area contributed by atoms with Gasteiger partial charge in [-0.05, 0) is 24.1 Å². The summed E-state index contributed by atoms with van der Waals surface area (Å²) in [5.74, 6) is 0.365. The second kappa shape index (κ2) is 6.97. The number of aromatic nitrogens is 2. The average molecular weight is 353 g/mol. The second-order valence-electron chi connectivity index (χ2n) is 5.99. The van der Waals surface area contributed by atoms with Crippen molar-refractivity contribution in [1.82, 2.24) is 15.1 Å². The average Bonchev–Trinajstić information content (AvgIpc) is 2.95. The number of β-amino-alcohol motifs (C(OH)–C–C–N with tert-alkyl or cyclic N) is 1. The van der Waals surface area contributed by atoms with E-state index in [2.05, 4.69) is 10.2 Å². The van der Waals surface area contributed by atoms with Crippen molar-refractivity contribution in [1.29, 1.82) is 0 Å². The first-order chi connectivity index (χ1) is 11.9. The van der Waals surface area contributed by atoms with Gasteiger partial charge in [-0.15, -0.1) is 5.10 Å². The topological polar surface area (TPSA) is 58.5 Å². The quantitative estimate of drug-likeness (QED) is 0.916. The van der Waals surface area contributed by atoms with Crippen molar-refractivity contribution in [2.24, 2.45) is 0 Å². The Balaban J connectivity index is 1.87. The Kier molecular flexibility index (Phi) is 4.91. The van der Waals surface area contributed by atoms with Crippen molar-refractivity contribution < 1.29 is 23.0 Å². The molecule has 1 aromatic carbocycles. The standard InChI is InChI=1S/C17H18F3N3O2/c1-25-16-7-6-11(21-22-16)9-23-10-12(24)8-15(23)13-4-2-3-5-14(13)17(18,19)20/h2-7,12,15,24H,8-10H2,1H3/t12-,15+/m1/s1. The van der Waals surface area contributed by atoms with E-state index in [9.17, 15) is 18.3 Å². The van der Waals surface area contributed by atoms with Crippen LogP contribution in [0.5, 0.6) is 5.88 Å². The van der Waals surface area contributed by atoms with Gasteiger partial charge in [0.2, 0.25) is 5.88 Å². The minimum absolute atomic E-state index is 0.174.